The summed E-state index contributed by atoms with van der Waals surface area (Å²) >= 11 is 0. The first-order valence-corrected chi connectivity index (χ1v) is 10.4. The molecule has 3 rings (SSSR count). The summed E-state index contributed by atoms with van der Waals surface area (Å²) in [5.74, 6) is -3.65. The molecule has 0 radical (unpaired) electrons. The summed E-state index contributed by atoms with van der Waals surface area (Å²) in [5.41, 5.74) is 3.24. The molecule has 1 aromatic rings. The van der Waals surface area contributed by atoms with E-state index in [1.807, 2.05) is 6.07 Å². The lowest BCUT2D eigenvalue weighted by Gasteiger charge is -2.35. The molecule has 0 aromatic heterocycles. The standard InChI is InChI=1S/C23H23N3O8/c1-4-32-17(27)10-15-19(21(29)33-5-2)23(22(30)26(15)12-18(28)31-3)13-8-6-7-9-16(13)34-20(25)14(23)11-24/h6-9H,4-5,10,12,25H2,1-3H3/t23-/m1/s1. The van der Waals surface area contributed by atoms with E-state index in [0.29, 0.717) is 0 Å². The third-order valence-corrected chi connectivity index (χ3v) is 5.41. The minimum absolute atomic E-state index is 0.0455. The predicted octanol–water partition coefficient (Wildman–Crippen LogP) is 0.796. The molecule has 11 heteroatoms. The summed E-state index contributed by atoms with van der Waals surface area (Å²) in [5, 5.41) is 10.0. The molecule has 0 bridgehead atoms. The number of hydrogen-bond donors (Lipinski definition) is 1. The number of nitrogens with two attached hydrogens (primary N) is 1. The van der Waals surface area contributed by atoms with E-state index in [2.05, 4.69) is 0 Å². The monoisotopic (exact) mass is 469 g/mol. The maximum atomic E-state index is 14.1. The first-order valence-electron chi connectivity index (χ1n) is 10.4. The first kappa shape index (κ1) is 24.3. The van der Waals surface area contributed by atoms with Crippen LogP contribution in [0.4, 0.5) is 0 Å². The van der Waals surface area contributed by atoms with Crippen molar-refractivity contribution in [1.82, 2.24) is 4.90 Å². The number of methoxy groups -OCH3 is 1. The molecule has 1 spiro atoms. The second-order valence-electron chi connectivity index (χ2n) is 7.19. The van der Waals surface area contributed by atoms with Crippen LogP contribution in [0.15, 0.2) is 47.0 Å². The van der Waals surface area contributed by atoms with Crippen molar-refractivity contribution in [2.45, 2.75) is 25.7 Å². The number of fused-ring (bicyclic) bond motifs is 2. The molecule has 2 N–H and O–H groups in total. The van der Waals surface area contributed by atoms with E-state index in [9.17, 15) is 24.4 Å². The lowest BCUT2D eigenvalue weighted by Crippen LogP contribution is -2.48. The molecule has 2 aliphatic heterocycles. The number of carbonyl (C=O) groups excluding carboxylic acids is 4. The third kappa shape index (κ3) is 3.73. The van der Waals surface area contributed by atoms with Gasteiger partial charge in [-0.3, -0.25) is 14.4 Å². The van der Waals surface area contributed by atoms with E-state index in [0.717, 1.165) is 12.0 Å². The van der Waals surface area contributed by atoms with Crippen molar-refractivity contribution < 1.29 is 38.1 Å². The van der Waals surface area contributed by atoms with Crippen molar-refractivity contribution in [3.05, 3.63) is 52.6 Å². The minimum atomic E-state index is -2.10. The highest BCUT2D eigenvalue weighted by Gasteiger charge is 2.63. The van der Waals surface area contributed by atoms with Crippen molar-refractivity contribution in [2.75, 3.05) is 26.9 Å². The zero-order valence-electron chi connectivity index (χ0n) is 18.9. The number of benzene rings is 1. The smallest absolute Gasteiger partial charge is 0.337 e. The number of amides is 1. The number of nitrogens with zero attached hydrogens (tertiary/aromatic N) is 2. The summed E-state index contributed by atoms with van der Waals surface area (Å²) in [4.78, 5) is 53.1. The maximum absolute atomic E-state index is 14.1. The van der Waals surface area contributed by atoms with Crippen molar-refractivity contribution in [3.63, 3.8) is 0 Å². The number of para-hydroxylation sites is 1. The zero-order valence-corrected chi connectivity index (χ0v) is 18.9. The summed E-state index contributed by atoms with van der Waals surface area (Å²) in [6.07, 6.45) is -0.548. The molecule has 0 saturated carbocycles. The summed E-state index contributed by atoms with van der Waals surface area (Å²) < 4.78 is 20.5. The number of nitriles is 1. The fourth-order valence-electron chi connectivity index (χ4n) is 4.13. The number of carbonyl (C=O) groups is 4. The number of esters is 3. The molecule has 34 heavy (non-hydrogen) atoms. The van der Waals surface area contributed by atoms with Gasteiger partial charge in [-0.05, 0) is 19.9 Å². The summed E-state index contributed by atoms with van der Waals surface area (Å²) in [6.45, 7) is 2.51. The quantitative estimate of drug-likeness (QED) is 0.447. The van der Waals surface area contributed by atoms with Gasteiger partial charge in [0, 0.05) is 11.3 Å². The average Bonchev–Trinajstić information content (AvgIpc) is 3.02. The van der Waals surface area contributed by atoms with Gasteiger partial charge < -0.3 is 29.6 Å². The zero-order chi connectivity index (χ0) is 25.0. The highest BCUT2D eigenvalue weighted by molar-refractivity contribution is 6.13. The normalized spacial score (nSPS) is 18.9. The number of hydrogen-bond acceptors (Lipinski definition) is 10. The Hall–Kier alpha value is -4.33. The van der Waals surface area contributed by atoms with Gasteiger partial charge in [0.2, 0.25) is 11.8 Å². The number of rotatable bonds is 7. The third-order valence-electron chi connectivity index (χ3n) is 5.41. The maximum Gasteiger partial charge on any atom is 0.337 e. The highest BCUT2D eigenvalue weighted by atomic mass is 16.5. The van der Waals surface area contributed by atoms with Gasteiger partial charge in [-0.15, -0.1) is 0 Å². The fraction of sp³-hybridized carbons (Fsp3) is 0.348. The molecule has 0 fully saturated rings. The second kappa shape index (κ2) is 9.66. The molecule has 178 valence electrons. The predicted molar refractivity (Wildman–Crippen MR) is 114 cm³/mol. The van der Waals surface area contributed by atoms with Crippen LogP contribution in [0.5, 0.6) is 5.75 Å². The highest BCUT2D eigenvalue weighted by Crippen LogP contribution is 2.54. The Morgan fingerprint density at radius 3 is 2.44 bits per heavy atom. The van der Waals surface area contributed by atoms with Gasteiger partial charge in [-0.1, -0.05) is 18.2 Å². The molecule has 0 aliphatic carbocycles. The van der Waals surface area contributed by atoms with Crippen LogP contribution in [0, 0.1) is 11.3 Å². The molecular formula is C23H23N3O8. The molecule has 2 aliphatic rings. The Morgan fingerprint density at radius 2 is 1.82 bits per heavy atom. The van der Waals surface area contributed by atoms with Gasteiger partial charge >= 0.3 is 17.9 Å². The van der Waals surface area contributed by atoms with E-state index < -0.39 is 48.1 Å². The fourth-order valence-corrected chi connectivity index (χ4v) is 4.13. The van der Waals surface area contributed by atoms with Crippen LogP contribution in [-0.4, -0.2) is 55.6 Å². The van der Waals surface area contributed by atoms with Crippen LogP contribution in [0.1, 0.15) is 25.8 Å². The van der Waals surface area contributed by atoms with Gasteiger partial charge in [-0.25, -0.2) is 4.79 Å². The Labute approximate surface area is 195 Å². The van der Waals surface area contributed by atoms with Crippen LogP contribution in [0.25, 0.3) is 0 Å². The van der Waals surface area contributed by atoms with Gasteiger partial charge in [0.15, 0.2) is 5.41 Å². The van der Waals surface area contributed by atoms with E-state index in [1.54, 1.807) is 26.0 Å². The van der Waals surface area contributed by atoms with Crippen LogP contribution in [0.3, 0.4) is 0 Å². The Kier molecular flexibility index (Phi) is 6.91. The van der Waals surface area contributed by atoms with Crippen LogP contribution in [-0.2, 0) is 38.8 Å². The van der Waals surface area contributed by atoms with Gasteiger partial charge in [0.25, 0.3) is 0 Å². The molecule has 1 amide bonds. The molecule has 11 nitrogen and oxygen atoms in total. The summed E-state index contributed by atoms with van der Waals surface area (Å²) in [6, 6.07) is 8.10. The van der Waals surface area contributed by atoms with Crippen molar-refractivity contribution >= 4 is 23.8 Å². The van der Waals surface area contributed by atoms with Gasteiger partial charge in [-0.2, -0.15) is 5.26 Å². The van der Waals surface area contributed by atoms with Crippen molar-refractivity contribution in [1.29, 1.82) is 5.26 Å². The minimum Gasteiger partial charge on any atom is -0.468 e. The average molecular weight is 469 g/mol. The van der Waals surface area contributed by atoms with Crippen molar-refractivity contribution in [2.24, 2.45) is 5.73 Å². The Morgan fingerprint density at radius 1 is 1.15 bits per heavy atom. The lowest BCUT2D eigenvalue weighted by atomic mass is 9.68. The first-order chi connectivity index (χ1) is 16.3. The van der Waals surface area contributed by atoms with Crippen LogP contribution in [0.2, 0.25) is 0 Å². The SMILES string of the molecule is CCOC(=O)CC1=C(C(=O)OCC)[C@]2(C(=O)N1CC(=O)OC)C(C#N)=C(N)Oc1ccccc12. The second-order valence-corrected chi connectivity index (χ2v) is 7.19. The molecule has 2 heterocycles. The molecule has 1 atom stereocenters. The van der Waals surface area contributed by atoms with E-state index in [1.165, 1.54) is 12.1 Å². The number of ether oxygens (including phenoxy) is 4. The lowest BCUT2D eigenvalue weighted by molar-refractivity contribution is -0.147. The largest absolute Gasteiger partial charge is 0.468 e. The van der Waals surface area contributed by atoms with Crippen LogP contribution >= 0.6 is 0 Å². The topological polar surface area (TPSA) is 158 Å². The van der Waals surface area contributed by atoms with E-state index in [-0.39, 0.29) is 41.4 Å². The van der Waals surface area contributed by atoms with Gasteiger partial charge in [0.1, 0.15) is 23.9 Å². The molecule has 1 aromatic carbocycles. The molecular weight excluding hydrogens is 446 g/mol. The Bertz CT molecular complexity index is 1160. The molecule has 0 saturated heterocycles. The Balaban J connectivity index is 2.43. The van der Waals surface area contributed by atoms with Crippen molar-refractivity contribution in [3.8, 4) is 11.8 Å². The van der Waals surface area contributed by atoms with Crippen LogP contribution < -0.4 is 10.5 Å². The summed E-state index contributed by atoms with van der Waals surface area (Å²) in [7, 11) is 1.13. The van der Waals surface area contributed by atoms with E-state index in [4.69, 9.17) is 24.7 Å². The molecule has 0 unspecified atom stereocenters. The van der Waals surface area contributed by atoms with Gasteiger partial charge in [0.05, 0.1) is 32.3 Å². The van der Waals surface area contributed by atoms with E-state index >= 15 is 0 Å².